The highest BCUT2D eigenvalue weighted by Crippen LogP contribution is 2.39. The second-order valence-corrected chi connectivity index (χ2v) is 10.5. The van der Waals surface area contributed by atoms with Gasteiger partial charge in [-0.3, -0.25) is 14.4 Å². The lowest BCUT2D eigenvalue weighted by atomic mass is 10.2. The first-order chi connectivity index (χ1) is 15.9. The first-order valence-corrected chi connectivity index (χ1v) is 11.9. The fourth-order valence-corrected chi connectivity index (χ4v) is 4.80. The average molecular weight is 487 g/mol. The van der Waals surface area contributed by atoms with Gasteiger partial charge in [0.05, 0.1) is 35.3 Å². The first kappa shape index (κ1) is 24.9. The summed E-state index contributed by atoms with van der Waals surface area (Å²) in [6, 6.07) is 12.2. The van der Waals surface area contributed by atoms with Crippen LogP contribution in [0.3, 0.4) is 0 Å². The number of ether oxygens (including phenoxy) is 2. The number of amides is 2. The van der Waals surface area contributed by atoms with Gasteiger partial charge in [-0.05, 0) is 57.2 Å². The Labute approximate surface area is 198 Å². The number of fused-ring (bicyclic) bond motifs is 1. The molecule has 0 radical (unpaired) electrons. The molecule has 0 aromatic heterocycles. The van der Waals surface area contributed by atoms with E-state index in [0.717, 1.165) is 4.31 Å². The Bertz CT molecular complexity index is 1250. The standard InChI is InChI=1S/C23H26N4O6S/c1-15(28)25-13-18-14-27(34(30,31)19-7-5-6-16(10-19)12-24)20-11-17(8-9-21(20)32-18)26-22(29)33-23(2,3)4/h5-11,18H,13-14H2,1-4H3,(H,25,28)(H,26,29). The van der Waals surface area contributed by atoms with E-state index in [-0.39, 0.29) is 40.9 Å². The predicted octanol–water partition coefficient (Wildman–Crippen LogP) is 3.00. The van der Waals surface area contributed by atoms with Crippen LogP contribution in [0.4, 0.5) is 16.2 Å². The number of sulfonamides is 1. The van der Waals surface area contributed by atoms with E-state index in [1.165, 1.54) is 43.3 Å². The number of nitrogens with one attached hydrogen (secondary N) is 2. The fourth-order valence-electron chi connectivity index (χ4n) is 3.26. The van der Waals surface area contributed by atoms with Crippen LogP contribution < -0.4 is 19.7 Å². The van der Waals surface area contributed by atoms with E-state index in [1.54, 1.807) is 26.8 Å². The summed E-state index contributed by atoms with van der Waals surface area (Å²) in [4.78, 5) is 23.5. The van der Waals surface area contributed by atoms with Crippen molar-refractivity contribution in [1.82, 2.24) is 5.32 Å². The number of hydrogen-bond donors (Lipinski definition) is 2. The SMILES string of the molecule is CC(=O)NCC1CN(S(=O)(=O)c2cccc(C#N)c2)c2cc(NC(=O)OC(C)(C)C)ccc2O1. The number of benzene rings is 2. The fraction of sp³-hybridized carbons (Fsp3) is 0.348. The van der Waals surface area contributed by atoms with Crippen molar-refractivity contribution < 1.29 is 27.5 Å². The molecule has 1 unspecified atom stereocenters. The largest absolute Gasteiger partial charge is 0.484 e. The Kier molecular flexibility index (Phi) is 7.02. The number of anilines is 2. The van der Waals surface area contributed by atoms with E-state index in [2.05, 4.69) is 10.6 Å². The maximum atomic E-state index is 13.6. The van der Waals surface area contributed by atoms with Crippen molar-refractivity contribution in [2.24, 2.45) is 0 Å². The zero-order valence-electron chi connectivity index (χ0n) is 19.3. The molecule has 0 bridgehead atoms. The normalized spacial score (nSPS) is 15.4. The zero-order chi connectivity index (χ0) is 25.1. The highest BCUT2D eigenvalue weighted by Gasteiger charge is 2.35. The molecule has 180 valence electrons. The highest BCUT2D eigenvalue weighted by atomic mass is 32.2. The number of carbonyl (C=O) groups is 2. The summed E-state index contributed by atoms with van der Waals surface area (Å²) in [5.74, 6) is -0.0150. The van der Waals surface area contributed by atoms with Gasteiger partial charge in [0.2, 0.25) is 5.91 Å². The Morgan fingerprint density at radius 1 is 1.24 bits per heavy atom. The molecular weight excluding hydrogens is 460 g/mol. The molecule has 1 heterocycles. The molecular formula is C23H26N4O6S. The molecule has 10 nitrogen and oxygen atoms in total. The molecule has 0 fully saturated rings. The number of carbonyl (C=O) groups excluding carboxylic acids is 2. The van der Waals surface area contributed by atoms with Crippen molar-refractivity contribution in [2.75, 3.05) is 22.7 Å². The zero-order valence-corrected chi connectivity index (χ0v) is 20.1. The molecule has 0 aliphatic carbocycles. The van der Waals surface area contributed by atoms with E-state index >= 15 is 0 Å². The minimum absolute atomic E-state index is 0.0665. The van der Waals surface area contributed by atoms with E-state index in [4.69, 9.17) is 9.47 Å². The van der Waals surface area contributed by atoms with Crippen LogP contribution in [0.25, 0.3) is 0 Å². The number of nitriles is 1. The van der Waals surface area contributed by atoms with Gasteiger partial charge in [-0.15, -0.1) is 0 Å². The van der Waals surface area contributed by atoms with Gasteiger partial charge in [-0.2, -0.15) is 5.26 Å². The molecule has 2 aromatic carbocycles. The summed E-state index contributed by atoms with van der Waals surface area (Å²) in [6.07, 6.45) is -1.35. The molecule has 1 aliphatic heterocycles. The Morgan fingerprint density at radius 2 is 1.97 bits per heavy atom. The van der Waals surface area contributed by atoms with E-state index < -0.39 is 27.8 Å². The molecule has 11 heteroatoms. The van der Waals surface area contributed by atoms with Gasteiger partial charge in [0.15, 0.2) is 0 Å². The second-order valence-electron chi connectivity index (χ2n) is 8.66. The maximum absolute atomic E-state index is 13.6. The molecule has 0 spiro atoms. The summed E-state index contributed by atoms with van der Waals surface area (Å²) < 4.78 is 39.5. The molecule has 0 saturated carbocycles. The van der Waals surface area contributed by atoms with Gasteiger partial charge >= 0.3 is 6.09 Å². The second kappa shape index (κ2) is 9.61. The minimum atomic E-state index is -4.11. The number of hydrogen-bond acceptors (Lipinski definition) is 7. The quantitative estimate of drug-likeness (QED) is 0.662. The van der Waals surface area contributed by atoms with Gasteiger partial charge in [0.1, 0.15) is 17.5 Å². The average Bonchev–Trinajstić information content (AvgIpc) is 2.75. The van der Waals surface area contributed by atoms with Crippen LogP contribution in [0.2, 0.25) is 0 Å². The van der Waals surface area contributed by atoms with Crippen LogP contribution in [0, 0.1) is 11.3 Å². The van der Waals surface area contributed by atoms with E-state index in [9.17, 15) is 23.3 Å². The molecule has 1 atom stereocenters. The minimum Gasteiger partial charge on any atom is -0.484 e. The molecule has 34 heavy (non-hydrogen) atoms. The third kappa shape index (κ3) is 5.96. The third-order valence-electron chi connectivity index (χ3n) is 4.67. The van der Waals surface area contributed by atoms with Gasteiger partial charge in [-0.1, -0.05) is 6.07 Å². The van der Waals surface area contributed by atoms with Crippen molar-refractivity contribution >= 4 is 33.4 Å². The lowest BCUT2D eigenvalue weighted by Crippen LogP contribution is -2.48. The molecule has 2 N–H and O–H groups in total. The van der Waals surface area contributed by atoms with Crippen LogP contribution >= 0.6 is 0 Å². The van der Waals surface area contributed by atoms with Crippen LogP contribution in [0.15, 0.2) is 47.4 Å². The van der Waals surface area contributed by atoms with Crippen LogP contribution in [0.1, 0.15) is 33.3 Å². The number of rotatable bonds is 5. The highest BCUT2D eigenvalue weighted by molar-refractivity contribution is 7.92. The van der Waals surface area contributed by atoms with Gasteiger partial charge < -0.3 is 14.8 Å². The van der Waals surface area contributed by atoms with Crippen molar-refractivity contribution in [2.45, 2.75) is 44.3 Å². The Hall–Kier alpha value is -3.78. The third-order valence-corrected chi connectivity index (χ3v) is 6.44. The van der Waals surface area contributed by atoms with Crippen molar-refractivity contribution in [3.63, 3.8) is 0 Å². The van der Waals surface area contributed by atoms with Crippen molar-refractivity contribution in [3.05, 3.63) is 48.0 Å². The summed E-state index contributed by atoms with van der Waals surface area (Å²) in [6.45, 7) is 6.54. The van der Waals surface area contributed by atoms with Crippen LogP contribution in [0.5, 0.6) is 5.75 Å². The van der Waals surface area contributed by atoms with Crippen LogP contribution in [-0.4, -0.2) is 45.2 Å². The Balaban J connectivity index is 2.00. The Morgan fingerprint density at radius 3 is 2.62 bits per heavy atom. The molecule has 3 rings (SSSR count). The van der Waals surface area contributed by atoms with E-state index in [1.807, 2.05) is 6.07 Å². The summed E-state index contributed by atoms with van der Waals surface area (Å²) in [5, 5.41) is 14.4. The van der Waals surface area contributed by atoms with Gasteiger partial charge in [0.25, 0.3) is 10.0 Å². The lowest BCUT2D eigenvalue weighted by molar-refractivity contribution is -0.119. The molecule has 1 aliphatic rings. The molecule has 0 saturated heterocycles. The monoisotopic (exact) mass is 486 g/mol. The van der Waals surface area contributed by atoms with E-state index in [0.29, 0.717) is 5.69 Å². The summed E-state index contributed by atoms with van der Waals surface area (Å²) in [7, 11) is -4.11. The maximum Gasteiger partial charge on any atom is 0.412 e. The molecule has 2 amide bonds. The smallest absolute Gasteiger partial charge is 0.412 e. The first-order valence-electron chi connectivity index (χ1n) is 10.5. The van der Waals surface area contributed by atoms with Crippen molar-refractivity contribution in [1.29, 1.82) is 5.26 Å². The summed E-state index contributed by atoms with van der Waals surface area (Å²) >= 11 is 0. The van der Waals surface area contributed by atoms with Gasteiger partial charge in [0, 0.05) is 12.6 Å². The predicted molar refractivity (Wildman–Crippen MR) is 125 cm³/mol. The van der Waals surface area contributed by atoms with Crippen molar-refractivity contribution in [3.8, 4) is 11.8 Å². The van der Waals surface area contributed by atoms with Crippen LogP contribution in [-0.2, 0) is 19.6 Å². The lowest BCUT2D eigenvalue weighted by Gasteiger charge is -2.35. The topological polar surface area (TPSA) is 138 Å². The number of nitrogens with zero attached hydrogens (tertiary/aromatic N) is 2. The molecule has 2 aromatic rings. The summed E-state index contributed by atoms with van der Waals surface area (Å²) in [5.41, 5.74) is 0.00186. The van der Waals surface area contributed by atoms with Gasteiger partial charge in [-0.25, -0.2) is 13.2 Å².